The van der Waals surface area contributed by atoms with Crippen molar-refractivity contribution in [2.24, 2.45) is 5.92 Å². The van der Waals surface area contributed by atoms with E-state index in [0.717, 1.165) is 48.6 Å². The number of aromatic nitrogens is 2. The van der Waals surface area contributed by atoms with Crippen molar-refractivity contribution in [1.29, 1.82) is 0 Å². The lowest BCUT2D eigenvalue weighted by atomic mass is 10.0. The number of hydrogen-bond donors (Lipinski definition) is 1. The van der Waals surface area contributed by atoms with Crippen molar-refractivity contribution in [1.82, 2.24) is 15.3 Å². The smallest absolute Gasteiger partial charge is 0.257 e. The van der Waals surface area contributed by atoms with E-state index in [9.17, 15) is 4.79 Å². The number of carbonyl (C=O) groups is 1. The molecular weight excluding hydrogens is 382 g/mol. The van der Waals surface area contributed by atoms with Gasteiger partial charge in [-0.3, -0.25) is 9.78 Å². The van der Waals surface area contributed by atoms with Crippen LogP contribution in [-0.2, 0) is 9.53 Å². The molecule has 30 heavy (non-hydrogen) atoms. The highest BCUT2D eigenvalue weighted by molar-refractivity contribution is 5.77. The molecule has 156 valence electrons. The van der Waals surface area contributed by atoms with Crippen molar-refractivity contribution in [3.63, 3.8) is 0 Å². The Morgan fingerprint density at radius 1 is 1.17 bits per heavy atom. The zero-order valence-electron chi connectivity index (χ0n) is 17.0. The standard InChI is InChI=1S/C23H25N3O4/c1-16-22(26-23(30-16)19-3-2-10-24-14-19)18-4-6-20(7-5-18)29-15-21(27)25-13-17-8-11-28-12-9-17/h2-7,10,14,17H,8-9,11-13,15H2,1H3,(H,25,27). The van der Waals surface area contributed by atoms with Crippen molar-refractivity contribution in [3.8, 4) is 28.5 Å². The maximum Gasteiger partial charge on any atom is 0.257 e. The number of hydrogen-bond acceptors (Lipinski definition) is 6. The van der Waals surface area contributed by atoms with E-state index in [1.807, 2.05) is 43.3 Å². The molecule has 0 unspecified atom stereocenters. The van der Waals surface area contributed by atoms with Crippen LogP contribution < -0.4 is 10.1 Å². The molecule has 0 aliphatic carbocycles. The zero-order chi connectivity index (χ0) is 20.8. The monoisotopic (exact) mass is 407 g/mol. The normalized spacial score (nSPS) is 14.4. The van der Waals surface area contributed by atoms with E-state index in [2.05, 4.69) is 15.3 Å². The molecule has 0 spiro atoms. The van der Waals surface area contributed by atoms with Crippen LogP contribution in [0.4, 0.5) is 0 Å². The van der Waals surface area contributed by atoms with Crippen molar-refractivity contribution >= 4 is 5.91 Å². The van der Waals surface area contributed by atoms with Gasteiger partial charge in [0, 0.05) is 37.7 Å². The summed E-state index contributed by atoms with van der Waals surface area (Å²) in [6.07, 6.45) is 5.42. The summed E-state index contributed by atoms with van der Waals surface area (Å²) in [4.78, 5) is 20.7. The summed E-state index contributed by atoms with van der Waals surface area (Å²) in [7, 11) is 0. The van der Waals surface area contributed by atoms with E-state index in [1.165, 1.54) is 0 Å². The third-order valence-corrected chi connectivity index (χ3v) is 5.13. The molecule has 1 saturated heterocycles. The van der Waals surface area contributed by atoms with Gasteiger partial charge in [0.25, 0.3) is 5.91 Å². The van der Waals surface area contributed by atoms with Crippen molar-refractivity contribution in [3.05, 3.63) is 54.6 Å². The Morgan fingerprint density at radius 3 is 2.70 bits per heavy atom. The van der Waals surface area contributed by atoms with E-state index in [0.29, 0.717) is 24.1 Å². The van der Waals surface area contributed by atoms with Crippen LogP contribution in [0, 0.1) is 12.8 Å². The Labute approximate surface area is 175 Å². The molecule has 4 rings (SSSR count). The molecule has 0 radical (unpaired) electrons. The van der Waals surface area contributed by atoms with Gasteiger partial charge in [-0.15, -0.1) is 0 Å². The first-order valence-electron chi connectivity index (χ1n) is 10.1. The first kappa shape index (κ1) is 20.1. The van der Waals surface area contributed by atoms with Crippen LogP contribution in [0.2, 0.25) is 0 Å². The van der Waals surface area contributed by atoms with Gasteiger partial charge in [0.2, 0.25) is 5.89 Å². The Hall–Kier alpha value is -3.19. The van der Waals surface area contributed by atoms with E-state index in [-0.39, 0.29) is 12.5 Å². The Kier molecular flexibility index (Phi) is 6.39. The number of benzene rings is 1. The Bertz CT molecular complexity index is 964. The lowest BCUT2D eigenvalue weighted by Crippen LogP contribution is -2.35. The number of aryl methyl sites for hydroxylation is 1. The van der Waals surface area contributed by atoms with E-state index >= 15 is 0 Å². The molecule has 3 aromatic rings. The van der Waals surface area contributed by atoms with Crippen LogP contribution in [0.25, 0.3) is 22.7 Å². The maximum absolute atomic E-state index is 12.0. The molecule has 1 fully saturated rings. The molecule has 2 aromatic heterocycles. The molecule has 3 heterocycles. The van der Waals surface area contributed by atoms with Crippen LogP contribution in [-0.4, -0.2) is 42.2 Å². The summed E-state index contributed by atoms with van der Waals surface area (Å²) in [5.74, 6) is 2.28. The van der Waals surface area contributed by atoms with Gasteiger partial charge in [0.15, 0.2) is 6.61 Å². The summed E-state index contributed by atoms with van der Waals surface area (Å²) in [5.41, 5.74) is 2.52. The third-order valence-electron chi connectivity index (χ3n) is 5.13. The fourth-order valence-electron chi connectivity index (χ4n) is 3.39. The molecule has 7 nitrogen and oxygen atoms in total. The van der Waals surface area contributed by atoms with Crippen molar-refractivity contribution < 1.29 is 18.7 Å². The third kappa shape index (κ3) is 5.04. The largest absolute Gasteiger partial charge is 0.484 e. The number of nitrogens with zero attached hydrogens (tertiary/aromatic N) is 2. The van der Waals surface area contributed by atoms with Gasteiger partial charge < -0.3 is 19.2 Å². The minimum atomic E-state index is -0.112. The van der Waals surface area contributed by atoms with E-state index < -0.39 is 0 Å². The SMILES string of the molecule is Cc1oc(-c2cccnc2)nc1-c1ccc(OCC(=O)NCC2CCOCC2)cc1. The second kappa shape index (κ2) is 9.54. The second-order valence-electron chi connectivity index (χ2n) is 7.34. The van der Waals surface area contributed by atoms with Crippen LogP contribution in [0.3, 0.4) is 0 Å². The Balaban J connectivity index is 1.32. The summed E-state index contributed by atoms with van der Waals surface area (Å²) in [6.45, 7) is 4.11. The fraction of sp³-hybridized carbons (Fsp3) is 0.348. The molecule has 1 aromatic carbocycles. The second-order valence-corrected chi connectivity index (χ2v) is 7.34. The summed E-state index contributed by atoms with van der Waals surface area (Å²) in [5, 5.41) is 2.94. The first-order chi connectivity index (χ1) is 14.7. The van der Waals surface area contributed by atoms with Gasteiger partial charge in [0.1, 0.15) is 17.2 Å². The zero-order valence-corrected chi connectivity index (χ0v) is 17.0. The van der Waals surface area contributed by atoms with Gasteiger partial charge in [-0.1, -0.05) is 0 Å². The topological polar surface area (TPSA) is 86.5 Å². The van der Waals surface area contributed by atoms with Crippen LogP contribution in [0.1, 0.15) is 18.6 Å². The highest BCUT2D eigenvalue weighted by Gasteiger charge is 2.15. The van der Waals surface area contributed by atoms with Gasteiger partial charge in [-0.25, -0.2) is 4.98 Å². The molecule has 0 bridgehead atoms. The molecule has 1 amide bonds. The molecule has 1 N–H and O–H groups in total. The van der Waals surface area contributed by atoms with Gasteiger partial charge >= 0.3 is 0 Å². The average molecular weight is 407 g/mol. The molecule has 0 atom stereocenters. The Morgan fingerprint density at radius 2 is 1.97 bits per heavy atom. The number of rotatable bonds is 7. The van der Waals surface area contributed by atoms with E-state index in [4.69, 9.17) is 13.9 Å². The number of nitrogens with one attached hydrogen (secondary N) is 1. The predicted molar refractivity (Wildman–Crippen MR) is 112 cm³/mol. The minimum Gasteiger partial charge on any atom is -0.484 e. The first-order valence-corrected chi connectivity index (χ1v) is 10.1. The maximum atomic E-state index is 12.0. The average Bonchev–Trinajstić information content (AvgIpc) is 3.19. The van der Waals surface area contributed by atoms with Gasteiger partial charge in [-0.05, 0) is 62.1 Å². The molecule has 7 heteroatoms. The molecule has 1 aliphatic rings. The van der Waals surface area contributed by atoms with Crippen molar-refractivity contribution in [2.45, 2.75) is 19.8 Å². The van der Waals surface area contributed by atoms with Gasteiger partial charge in [0.05, 0.1) is 5.56 Å². The number of ether oxygens (including phenoxy) is 2. The number of pyridine rings is 1. The minimum absolute atomic E-state index is 0.00326. The summed E-state index contributed by atoms with van der Waals surface area (Å²) >= 11 is 0. The number of carbonyl (C=O) groups excluding carboxylic acids is 1. The summed E-state index contributed by atoms with van der Waals surface area (Å²) in [6, 6.07) is 11.2. The molecular formula is C23H25N3O4. The predicted octanol–water partition coefficient (Wildman–Crippen LogP) is 3.63. The molecule has 1 aliphatic heterocycles. The highest BCUT2D eigenvalue weighted by Crippen LogP contribution is 2.29. The number of oxazole rings is 1. The summed E-state index contributed by atoms with van der Waals surface area (Å²) < 4.78 is 16.7. The lowest BCUT2D eigenvalue weighted by Gasteiger charge is -2.22. The van der Waals surface area contributed by atoms with Crippen molar-refractivity contribution in [2.75, 3.05) is 26.4 Å². The van der Waals surface area contributed by atoms with Crippen LogP contribution in [0.5, 0.6) is 5.75 Å². The fourth-order valence-corrected chi connectivity index (χ4v) is 3.39. The van der Waals surface area contributed by atoms with Crippen LogP contribution >= 0.6 is 0 Å². The quantitative estimate of drug-likeness (QED) is 0.644. The molecule has 0 saturated carbocycles. The van der Waals surface area contributed by atoms with Crippen LogP contribution in [0.15, 0.2) is 53.2 Å². The van der Waals surface area contributed by atoms with Gasteiger partial charge in [-0.2, -0.15) is 0 Å². The number of amides is 1. The lowest BCUT2D eigenvalue weighted by molar-refractivity contribution is -0.123. The highest BCUT2D eigenvalue weighted by atomic mass is 16.5. The van der Waals surface area contributed by atoms with E-state index in [1.54, 1.807) is 12.4 Å².